The lowest BCUT2D eigenvalue weighted by molar-refractivity contribution is 0.0698. The van der Waals surface area contributed by atoms with E-state index in [1.807, 2.05) is 0 Å². The van der Waals surface area contributed by atoms with E-state index < -0.39 is 11.8 Å². The van der Waals surface area contributed by atoms with Gasteiger partial charge < -0.3 is 24.8 Å². The zero-order valence-corrected chi connectivity index (χ0v) is 14.4. The highest BCUT2D eigenvalue weighted by atomic mass is 19.1. The molecule has 1 heterocycles. The van der Waals surface area contributed by atoms with E-state index in [-0.39, 0.29) is 34.9 Å². The largest absolute Gasteiger partial charge is 0.494 e. The molecule has 3 N–H and O–H groups in total. The number of hydrogen-bond acceptors (Lipinski definition) is 6. The first-order valence-electron chi connectivity index (χ1n) is 8.41. The Labute approximate surface area is 149 Å². The number of hydrogen-bond donors (Lipinski definition) is 3. The predicted octanol–water partition coefficient (Wildman–Crippen LogP) is 3.15. The molecule has 1 aliphatic carbocycles. The normalized spacial score (nSPS) is 15.8. The predicted molar refractivity (Wildman–Crippen MR) is 91.9 cm³/mol. The number of methoxy groups -OCH3 is 1. The Kier molecular flexibility index (Phi) is 5.13. The van der Waals surface area contributed by atoms with Crippen LogP contribution >= 0.6 is 0 Å². The van der Waals surface area contributed by atoms with Gasteiger partial charge in [0.2, 0.25) is 0 Å². The summed E-state index contributed by atoms with van der Waals surface area (Å²) in [4.78, 5) is 11.7. The summed E-state index contributed by atoms with van der Waals surface area (Å²) in [6.45, 7) is 0.435. The SMILES string of the molecule is COc1cc(-c2onc(NCC3(CO)CCCC3)c2C(=O)O)ccc1F. The fraction of sp³-hybridized carbons (Fsp3) is 0.444. The number of nitrogens with zero attached hydrogens (tertiary/aromatic N) is 1. The quantitative estimate of drug-likeness (QED) is 0.693. The third-order valence-corrected chi connectivity index (χ3v) is 4.95. The molecule has 0 atom stereocenters. The second kappa shape index (κ2) is 7.33. The number of benzene rings is 1. The number of aliphatic hydroxyl groups is 1. The van der Waals surface area contributed by atoms with Crippen molar-refractivity contribution in [3.8, 4) is 17.1 Å². The van der Waals surface area contributed by atoms with Gasteiger partial charge in [0, 0.05) is 17.5 Å². The molecule has 1 fully saturated rings. The van der Waals surface area contributed by atoms with Gasteiger partial charge in [-0.3, -0.25) is 0 Å². The summed E-state index contributed by atoms with van der Waals surface area (Å²) in [6.07, 6.45) is 3.82. The summed E-state index contributed by atoms with van der Waals surface area (Å²) < 4.78 is 23.8. The van der Waals surface area contributed by atoms with Crippen molar-refractivity contribution in [1.29, 1.82) is 0 Å². The molecule has 0 amide bonds. The number of halogens is 1. The van der Waals surface area contributed by atoms with Crippen LogP contribution in [0.15, 0.2) is 22.7 Å². The highest BCUT2D eigenvalue weighted by Gasteiger charge is 2.34. The number of aromatic carboxylic acids is 1. The van der Waals surface area contributed by atoms with E-state index in [4.69, 9.17) is 9.26 Å². The van der Waals surface area contributed by atoms with Gasteiger partial charge in [-0.25, -0.2) is 9.18 Å². The average Bonchev–Trinajstić information content (AvgIpc) is 3.28. The molecule has 1 aromatic carbocycles. The Hall–Kier alpha value is -2.61. The van der Waals surface area contributed by atoms with E-state index in [9.17, 15) is 19.4 Å². The Balaban J connectivity index is 1.90. The molecule has 0 spiro atoms. The number of ether oxygens (including phenoxy) is 1. The van der Waals surface area contributed by atoms with E-state index in [1.165, 1.54) is 25.3 Å². The molecule has 0 bridgehead atoms. The van der Waals surface area contributed by atoms with Gasteiger partial charge in [-0.2, -0.15) is 0 Å². The minimum Gasteiger partial charge on any atom is -0.494 e. The van der Waals surface area contributed by atoms with Crippen LogP contribution in [-0.2, 0) is 0 Å². The van der Waals surface area contributed by atoms with Gasteiger partial charge in [0.05, 0.1) is 13.7 Å². The van der Waals surface area contributed by atoms with Gasteiger partial charge in [0.1, 0.15) is 0 Å². The summed E-state index contributed by atoms with van der Waals surface area (Å²) >= 11 is 0. The number of carboxylic acid groups (broad SMARTS) is 1. The Morgan fingerprint density at radius 3 is 2.77 bits per heavy atom. The van der Waals surface area contributed by atoms with Crippen molar-refractivity contribution in [2.75, 3.05) is 25.6 Å². The molecule has 1 aliphatic rings. The van der Waals surface area contributed by atoms with E-state index >= 15 is 0 Å². The second-order valence-corrected chi connectivity index (χ2v) is 6.61. The van der Waals surface area contributed by atoms with Crippen molar-refractivity contribution in [3.63, 3.8) is 0 Å². The van der Waals surface area contributed by atoms with Crippen LogP contribution < -0.4 is 10.1 Å². The molecule has 26 heavy (non-hydrogen) atoms. The summed E-state index contributed by atoms with van der Waals surface area (Å²) in [5, 5.41) is 26.1. The molecule has 3 rings (SSSR count). The maximum absolute atomic E-state index is 13.6. The van der Waals surface area contributed by atoms with Crippen molar-refractivity contribution >= 4 is 11.8 Å². The average molecular weight is 364 g/mol. The van der Waals surface area contributed by atoms with Crippen molar-refractivity contribution in [3.05, 3.63) is 29.6 Å². The Morgan fingerprint density at radius 1 is 1.42 bits per heavy atom. The first-order valence-corrected chi connectivity index (χ1v) is 8.41. The van der Waals surface area contributed by atoms with Crippen molar-refractivity contribution in [2.45, 2.75) is 25.7 Å². The number of carboxylic acids is 1. The van der Waals surface area contributed by atoms with E-state index in [0.29, 0.717) is 12.1 Å². The Morgan fingerprint density at radius 2 is 2.15 bits per heavy atom. The minimum atomic E-state index is -1.21. The molecule has 8 heteroatoms. The Bertz CT molecular complexity index is 799. The van der Waals surface area contributed by atoms with Gasteiger partial charge in [0.15, 0.2) is 28.7 Å². The second-order valence-electron chi connectivity index (χ2n) is 6.61. The van der Waals surface area contributed by atoms with Crippen LogP contribution in [0.1, 0.15) is 36.0 Å². The van der Waals surface area contributed by atoms with Crippen molar-refractivity contribution < 1.29 is 28.7 Å². The monoisotopic (exact) mass is 364 g/mol. The summed E-state index contributed by atoms with van der Waals surface area (Å²) in [6, 6.07) is 3.94. The smallest absolute Gasteiger partial charge is 0.343 e. The molecule has 1 saturated carbocycles. The van der Waals surface area contributed by atoms with Crippen LogP contribution in [-0.4, -0.2) is 41.6 Å². The van der Waals surface area contributed by atoms with Gasteiger partial charge in [-0.15, -0.1) is 0 Å². The molecule has 0 aliphatic heterocycles. The molecule has 0 unspecified atom stereocenters. The standard InChI is InChI=1S/C18H21FN2O5/c1-25-13-8-11(4-5-12(13)19)15-14(17(23)24)16(21-26-15)20-9-18(10-22)6-2-3-7-18/h4-5,8,22H,2-3,6-7,9-10H2,1H3,(H,20,21)(H,23,24). The molecule has 7 nitrogen and oxygen atoms in total. The van der Waals surface area contributed by atoms with Gasteiger partial charge in [-0.1, -0.05) is 18.0 Å². The number of anilines is 1. The van der Waals surface area contributed by atoms with Gasteiger partial charge >= 0.3 is 5.97 Å². The number of rotatable bonds is 7. The molecule has 2 aromatic rings. The molecule has 0 radical (unpaired) electrons. The highest BCUT2D eigenvalue weighted by Crippen LogP contribution is 2.38. The summed E-state index contributed by atoms with van der Waals surface area (Å²) in [5.74, 6) is -1.68. The first kappa shape index (κ1) is 18.2. The first-order chi connectivity index (χ1) is 12.5. The van der Waals surface area contributed by atoms with Crippen LogP contribution in [0.2, 0.25) is 0 Å². The number of aliphatic hydroxyl groups excluding tert-OH is 1. The fourth-order valence-corrected chi connectivity index (χ4v) is 3.39. The fourth-order valence-electron chi connectivity index (χ4n) is 3.39. The lowest BCUT2D eigenvalue weighted by Gasteiger charge is -2.26. The summed E-state index contributed by atoms with van der Waals surface area (Å²) in [7, 11) is 1.32. The van der Waals surface area contributed by atoms with Crippen LogP contribution in [0.4, 0.5) is 10.2 Å². The van der Waals surface area contributed by atoms with Gasteiger partial charge in [-0.05, 0) is 31.0 Å². The van der Waals surface area contributed by atoms with Crippen LogP contribution in [0, 0.1) is 11.2 Å². The molecule has 1 aromatic heterocycles. The van der Waals surface area contributed by atoms with Gasteiger partial charge in [0.25, 0.3) is 0 Å². The summed E-state index contributed by atoms with van der Waals surface area (Å²) in [5.41, 5.74) is -0.0581. The van der Waals surface area contributed by atoms with Crippen LogP contribution in [0.3, 0.4) is 0 Å². The topological polar surface area (TPSA) is 105 Å². The van der Waals surface area contributed by atoms with Crippen molar-refractivity contribution in [2.24, 2.45) is 5.41 Å². The minimum absolute atomic E-state index is 0.0165. The third kappa shape index (κ3) is 3.37. The molecule has 140 valence electrons. The third-order valence-electron chi connectivity index (χ3n) is 4.95. The van der Waals surface area contributed by atoms with E-state index in [0.717, 1.165) is 25.7 Å². The zero-order chi connectivity index (χ0) is 18.7. The lowest BCUT2D eigenvalue weighted by Crippen LogP contribution is -2.31. The maximum atomic E-state index is 13.6. The molecule has 0 saturated heterocycles. The van der Waals surface area contributed by atoms with E-state index in [1.54, 1.807) is 0 Å². The zero-order valence-electron chi connectivity index (χ0n) is 14.4. The number of aromatic nitrogens is 1. The molecular weight excluding hydrogens is 343 g/mol. The lowest BCUT2D eigenvalue weighted by atomic mass is 9.87. The highest BCUT2D eigenvalue weighted by molar-refractivity contribution is 5.99. The molecular formula is C18H21FN2O5. The van der Waals surface area contributed by atoms with Crippen molar-refractivity contribution in [1.82, 2.24) is 5.16 Å². The van der Waals surface area contributed by atoms with E-state index in [2.05, 4.69) is 10.5 Å². The number of carbonyl (C=O) groups is 1. The number of nitrogens with one attached hydrogen (secondary N) is 1. The maximum Gasteiger partial charge on any atom is 0.343 e. The van der Waals surface area contributed by atoms with Crippen LogP contribution in [0.5, 0.6) is 5.75 Å². The van der Waals surface area contributed by atoms with Crippen LogP contribution in [0.25, 0.3) is 11.3 Å².